The van der Waals surface area contributed by atoms with Crippen molar-refractivity contribution in [3.8, 4) is 5.69 Å². The highest BCUT2D eigenvalue weighted by atomic mass is 16.3. The van der Waals surface area contributed by atoms with E-state index in [9.17, 15) is 0 Å². The van der Waals surface area contributed by atoms with Gasteiger partial charge >= 0.3 is 0 Å². The molecule has 0 fully saturated rings. The number of hydrogen-bond donors (Lipinski definition) is 0. The highest BCUT2D eigenvalue weighted by Gasteiger charge is 2.14. The molecule has 2 aromatic heterocycles. The predicted octanol–water partition coefficient (Wildman–Crippen LogP) is 10.1. The smallest absolute Gasteiger partial charge is 0.136 e. The van der Waals surface area contributed by atoms with Gasteiger partial charge in [-0.2, -0.15) is 0 Å². The first-order valence-electron chi connectivity index (χ1n) is 13.0. The van der Waals surface area contributed by atoms with Crippen LogP contribution in [0.2, 0.25) is 0 Å². The number of nitrogens with zero attached hydrogens (tertiary/aromatic N) is 1. The molecule has 8 aromatic rings. The maximum atomic E-state index is 6.40. The molecule has 0 aliphatic heterocycles. The van der Waals surface area contributed by atoms with Crippen molar-refractivity contribution in [3.05, 3.63) is 140 Å². The number of furan rings is 1. The Kier molecular flexibility index (Phi) is 4.55. The fraction of sp³-hybridized carbons (Fsp3) is 0. The lowest BCUT2D eigenvalue weighted by Crippen LogP contribution is -1.97. The average molecular weight is 486 g/mol. The quantitative estimate of drug-likeness (QED) is 0.226. The second-order valence-corrected chi connectivity index (χ2v) is 9.74. The number of hydrogen-bond acceptors (Lipinski definition) is 1. The van der Waals surface area contributed by atoms with Crippen LogP contribution in [0.3, 0.4) is 0 Å². The molecule has 0 spiro atoms. The number of fused-ring (bicyclic) bond motifs is 10. The molecule has 2 heteroatoms. The summed E-state index contributed by atoms with van der Waals surface area (Å²) in [5.41, 5.74) is 5.19. The summed E-state index contributed by atoms with van der Waals surface area (Å²) in [5.74, 6) is 0. The van der Waals surface area contributed by atoms with E-state index in [4.69, 9.17) is 4.42 Å². The van der Waals surface area contributed by atoms with Crippen LogP contribution < -0.4 is 0 Å². The first-order valence-corrected chi connectivity index (χ1v) is 13.0. The van der Waals surface area contributed by atoms with Crippen molar-refractivity contribution in [1.29, 1.82) is 0 Å². The van der Waals surface area contributed by atoms with Gasteiger partial charge in [0.05, 0.1) is 11.0 Å². The number of rotatable bonds is 1. The van der Waals surface area contributed by atoms with Crippen molar-refractivity contribution < 1.29 is 4.42 Å². The third-order valence-electron chi connectivity index (χ3n) is 7.62. The summed E-state index contributed by atoms with van der Waals surface area (Å²) < 4.78 is 8.81. The first-order chi connectivity index (χ1) is 18.9. The molecule has 0 saturated carbocycles. The Balaban J connectivity index is 1.79. The van der Waals surface area contributed by atoms with Crippen LogP contribution in [0, 0.1) is 0 Å². The van der Waals surface area contributed by atoms with Crippen molar-refractivity contribution in [3.63, 3.8) is 0 Å². The molecule has 0 amide bonds. The van der Waals surface area contributed by atoms with Crippen LogP contribution in [0.25, 0.3) is 71.0 Å². The minimum Gasteiger partial charge on any atom is -0.456 e. The van der Waals surface area contributed by atoms with Crippen molar-refractivity contribution in [2.75, 3.05) is 0 Å². The van der Waals surface area contributed by atoms with Crippen LogP contribution in [0.1, 0.15) is 0 Å². The molecular formula is C36H23NO. The lowest BCUT2D eigenvalue weighted by Gasteiger charge is -2.14. The van der Waals surface area contributed by atoms with Crippen LogP contribution >= 0.6 is 0 Å². The summed E-state index contributed by atoms with van der Waals surface area (Å²) >= 11 is 0. The highest BCUT2D eigenvalue weighted by molar-refractivity contribution is 6.21. The topological polar surface area (TPSA) is 18.1 Å². The predicted molar refractivity (Wildman–Crippen MR) is 161 cm³/mol. The molecule has 0 bridgehead atoms. The molecule has 0 unspecified atom stereocenters. The van der Waals surface area contributed by atoms with Gasteiger partial charge in [-0.15, -0.1) is 0 Å². The second-order valence-electron chi connectivity index (χ2n) is 9.74. The van der Waals surface area contributed by atoms with Gasteiger partial charge in [0.2, 0.25) is 0 Å². The van der Waals surface area contributed by atoms with Gasteiger partial charge in [-0.3, -0.25) is 0 Å². The van der Waals surface area contributed by atoms with Gasteiger partial charge in [-0.25, -0.2) is 0 Å². The van der Waals surface area contributed by atoms with Gasteiger partial charge in [0, 0.05) is 27.2 Å². The SMILES string of the molecule is c1ccc(-n2c3ccccc3c3ccccc3c3ccccc3c3cc4oc5ccccc5c4cc32)cc1. The van der Waals surface area contributed by atoms with Crippen LogP contribution in [-0.4, -0.2) is 4.57 Å². The van der Waals surface area contributed by atoms with Gasteiger partial charge in [0.1, 0.15) is 11.2 Å². The Morgan fingerprint density at radius 3 is 1.58 bits per heavy atom. The molecule has 0 saturated heterocycles. The number of benzene rings is 6. The summed E-state index contributed by atoms with van der Waals surface area (Å²) in [5, 5.41) is 9.43. The monoisotopic (exact) mass is 485 g/mol. The summed E-state index contributed by atoms with van der Waals surface area (Å²) in [6, 6.07) is 49.7. The van der Waals surface area contributed by atoms with Crippen LogP contribution in [0.15, 0.2) is 144 Å². The fourth-order valence-electron chi connectivity index (χ4n) is 5.95. The summed E-state index contributed by atoms with van der Waals surface area (Å²) in [6.45, 7) is 0. The van der Waals surface area contributed by atoms with E-state index in [0.717, 1.165) is 44.0 Å². The molecule has 2 heterocycles. The van der Waals surface area contributed by atoms with Gasteiger partial charge < -0.3 is 8.98 Å². The zero-order chi connectivity index (χ0) is 25.1. The van der Waals surface area contributed by atoms with E-state index in [1.807, 2.05) is 12.1 Å². The molecule has 0 radical (unpaired) electrons. The van der Waals surface area contributed by atoms with Gasteiger partial charge in [-0.05, 0) is 57.9 Å². The van der Waals surface area contributed by atoms with E-state index in [2.05, 4.69) is 132 Å². The van der Waals surface area contributed by atoms with Crippen LogP contribution in [0.5, 0.6) is 0 Å². The molecule has 6 aromatic carbocycles. The largest absolute Gasteiger partial charge is 0.456 e. The van der Waals surface area contributed by atoms with Crippen molar-refractivity contribution in [1.82, 2.24) is 4.57 Å². The normalized spacial score (nSPS) is 11.7. The molecular weight excluding hydrogens is 462 g/mol. The zero-order valence-electron chi connectivity index (χ0n) is 20.6. The number of para-hydroxylation sites is 3. The summed E-state index contributed by atoms with van der Waals surface area (Å²) in [7, 11) is 0. The molecule has 0 aliphatic rings. The standard InChI is InChI=1S/C36H23NO/c1-2-12-24(13-3-1)37-33-20-10-8-18-29(33)27-16-6-4-14-25(27)26-15-5-7-17-28(26)31-23-36-32(22-34(31)37)30-19-9-11-21-35(30)38-36/h1-23H. The van der Waals surface area contributed by atoms with Gasteiger partial charge in [-0.1, -0.05) is 103 Å². The van der Waals surface area contributed by atoms with Crippen LogP contribution in [0.4, 0.5) is 0 Å². The molecule has 178 valence electrons. The van der Waals surface area contributed by atoms with E-state index in [-0.39, 0.29) is 0 Å². The van der Waals surface area contributed by atoms with Gasteiger partial charge in [0.15, 0.2) is 0 Å². The first kappa shape index (κ1) is 21.0. The molecule has 0 aliphatic carbocycles. The lowest BCUT2D eigenvalue weighted by molar-refractivity contribution is 0.669. The van der Waals surface area contributed by atoms with E-state index in [1.54, 1.807) is 0 Å². The minimum absolute atomic E-state index is 0.897. The molecule has 0 atom stereocenters. The number of aromatic nitrogens is 1. The van der Waals surface area contributed by atoms with Crippen molar-refractivity contribution in [2.45, 2.75) is 0 Å². The lowest BCUT2D eigenvalue weighted by atomic mass is 10.0. The summed E-state index contributed by atoms with van der Waals surface area (Å²) in [6.07, 6.45) is 0. The Labute approximate surface area is 219 Å². The maximum absolute atomic E-state index is 6.40. The minimum atomic E-state index is 0.897. The third-order valence-corrected chi connectivity index (χ3v) is 7.62. The molecule has 8 rings (SSSR count). The highest BCUT2D eigenvalue weighted by Crippen LogP contribution is 2.38. The Morgan fingerprint density at radius 1 is 0.342 bits per heavy atom. The van der Waals surface area contributed by atoms with E-state index < -0.39 is 0 Å². The molecule has 38 heavy (non-hydrogen) atoms. The Bertz CT molecular complexity index is 2230. The Morgan fingerprint density at radius 2 is 0.868 bits per heavy atom. The average Bonchev–Trinajstić information content (AvgIpc) is 3.36. The van der Waals surface area contributed by atoms with Gasteiger partial charge in [0.25, 0.3) is 0 Å². The van der Waals surface area contributed by atoms with E-state index in [0.29, 0.717) is 0 Å². The summed E-state index contributed by atoms with van der Waals surface area (Å²) in [4.78, 5) is 0. The maximum Gasteiger partial charge on any atom is 0.136 e. The fourth-order valence-corrected chi connectivity index (χ4v) is 5.95. The van der Waals surface area contributed by atoms with Crippen molar-refractivity contribution in [2.24, 2.45) is 0 Å². The van der Waals surface area contributed by atoms with Crippen molar-refractivity contribution >= 4 is 65.3 Å². The molecule has 2 nitrogen and oxygen atoms in total. The third kappa shape index (κ3) is 3.07. The van der Waals surface area contributed by atoms with Crippen LogP contribution in [-0.2, 0) is 0 Å². The molecule has 0 N–H and O–H groups in total. The van der Waals surface area contributed by atoms with E-state index >= 15 is 0 Å². The second kappa shape index (κ2) is 8.22. The van der Waals surface area contributed by atoms with E-state index in [1.165, 1.54) is 26.9 Å². The zero-order valence-corrected chi connectivity index (χ0v) is 20.6. The Hall–Kier alpha value is -5.08.